The maximum atomic E-state index is 12.7. The zero-order valence-electron chi connectivity index (χ0n) is 13.6. The van der Waals surface area contributed by atoms with E-state index in [1.54, 1.807) is 26.0 Å². The van der Waals surface area contributed by atoms with Gasteiger partial charge < -0.3 is 5.32 Å². The highest BCUT2D eigenvalue weighted by Crippen LogP contribution is 2.32. The molecule has 2 heterocycles. The van der Waals surface area contributed by atoms with Gasteiger partial charge >= 0.3 is 0 Å². The van der Waals surface area contributed by atoms with Crippen LogP contribution in [0.3, 0.4) is 0 Å². The van der Waals surface area contributed by atoms with Crippen LogP contribution in [-0.4, -0.2) is 44.4 Å². The Labute approximate surface area is 145 Å². The van der Waals surface area contributed by atoms with Crippen LogP contribution >= 0.6 is 12.2 Å². The maximum absolute atomic E-state index is 12.7. The molecule has 0 aromatic heterocycles. The molecule has 0 unspecified atom stereocenters. The van der Waals surface area contributed by atoms with E-state index >= 15 is 0 Å². The Hall–Kier alpha value is -2.32. The normalized spacial score (nSPS) is 23.0. The molecule has 2 saturated heterocycles. The minimum Gasteiger partial charge on any atom is -0.325 e. The Balaban J connectivity index is 1.88. The van der Waals surface area contributed by atoms with E-state index in [0.717, 1.165) is 5.56 Å². The molecule has 2 aliphatic heterocycles. The van der Waals surface area contributed by atoms with E-state index in [1.165, 1.54) is 10.0 Å². The minimum atomic E-state index is -1.07. The fourth-order valence-corrected chi connectivity index (χ4v) is 3.20. The number of carbonyl (C=O) groups is 3. The smallest absolute Gasteiger partial charge is 0.248 e. The molecule has 0 saturated carbocycles. The molecule has 1 aromatic carbocycles. The van der Waals surface area contributed by atoms with Crippen LogP contribution in [0.25, 0.3) is 0 Å². The lowest BCUT2D eigenvalue weighted by Gasteiger charge is -2.45. The number of thiocarbonyl (C=S) groups is 1. The van der Waals surface area contributed by atoms with E-state index in [4.69, 9.17) is 12.2 Å². The summed E-state index contributed by atoms with van der Waals surface area (Å²) in [7, 11) is 0. The number of carbonyl (C=O) groups excluding carboxylic acids is 3. The predicted octanol–water partition coefficient (Wildman–Crippen LogP) is 0.945. The number of amides is 3. The molecule has 0 spiro atoms. The van der Waals surface area contributed by atoms with Gasteiger partial charge in [0.05, 0.1) is 6.42 Å². The Morgan fingerprint density at radius 2 is 1.92 bits per heavy atom. The van der Waals surface area contributed by atoms with Gasteiger partial charge in [-0.1, -0.05) is 17.7 Å². The summed E-state index contributed by atoms with van der Waals surface area (Å²) in [6.07, 6.45) is -0.0315. The Morgan fingerprint density at radius 3 is 2.54 bits per heavy atom. The minimum absolute atomic E-state index is 0.00922. The molecule has 0 bridgehead atoms. The zero-order valence-corrected chi connectivity index (χ0v) is 14.4. The van der Waals surface area contributed by atoms with Crippen LogP contribution in [0.15, 0.2) is 24.3 Å². The van der Waals surface area contributed by atoms with Gasteiger partial charge in [0.1, 0.15) is 11.6 Å². The van der Waals surface area contributed by atoms with Crippen LogP contribution in [0, 0.1) is 6.92 Å². The second-order valence-corrected chi connectivity index (χ2v) is 6.83. The van der Waals surface area contributed by atoms with Crippen LogP contribution in [-0.2, 0) is 14.4 Å². The van der Waals surface area contributed by atoms with Crippen molar-refractivity contribution in [1.82, 2.24) is 15.3 Å². The van der Waals surface area contributed by atoms with Gasteiger partial charge in [-0.05, 0) is 45.1 Å². The quantitative estimate of drug-likeness (QED) is 0.779. The fraction of sp³-hybridized carbons (Fsp3) is 0.375. The van der Waals surface area contributed by atoms with Crippen molar-refractivity contribution in [2.45, 2.75) is 38.8 Å². The highest BCUT2D eigenvalue weighted by molar-refractivity contribution is 7.80. The van der Waals surface area contributed by atoms with Gasteiger partial charge in [0.25, 0.3) is 0 Å². The van der Waals surface area contributed by atoms with Gasteiger partial charge in [-0.2, -0.15) is 5.01 Å². The summed E-state index contributed by atoms with van der Waals surface area (Å²) in [5.41, 5.74) is 0.650. The molecule has 2 fully saturated rings. The number of aryl methyl sites for hydroxylation is 1. The van der Waals surface area contributed by atoms with Crippen LogP contribution in [0.2, 0.25) is 0 Å². The first-order valence-electron chi connectivity index (χ1n) is 7.57. The molecule has 2 aliphatic rings. The van der Waals surface area contributed by atoms with E-state index in [1.807, 2.05) is 19.1 Å². The third-order valence-electron chi connectivity index (χ3n) is 4.28. The number of fused-ring (bicyclic) bond motifs is 1. The maximum Gasteiger partial charge on any atom is 0.248 e. The van der Waals surface area contributed by atoms with E-state index in [2.05, 4.69) is 10.6 Å². The van der Waals surface area contributed by atoms with Crippen molar-refractivity contribution in [3.05, 3.63) is 29.8 Å². The lowest BCUT2D eigenvalue weighted by atomic mass is 10.00. The van der Waals surface area contributed by atoms with Crippen molar-refractivity contribution in [3.63, 3.8) is 0 Å². The Bertz CT molecular complexity index is 744. The monoisotopic (exact) mass is 346 g/mol. The molecule has 1 atom stereocenters. The van der Waals surface area contributed by atoms with Gasteiger partial charge in [-0.25, -0.2) is 5.01 Å². The van der Waals surface area contributed by atoms with Crippen molar-refractivity contribution in [3.8, 4) is 0 Å². The molecule has 7 nitrogen and oxygen atoms in total. The van der Waals surface area contributed by atoms with Crippen LogP contribution in [0.4, 0.5) is 5.69 Å². The number of hydrazine groups is 1. The SMILES string of the molecule is Cc1ccc(NC(=O)[C@@H]2CC(=O)N3C(=S)NC(=O)C(C)(C)N23)cc1. The highest BCUT2D eigenvalue weighted by Gasteiger charge is 2.56. The van der Waals surface area contributed by atoms with E-state index < -0.39 is 11.6 Å². The average Bonchev–Trinajstić information content (AvgIpc) is 2.87. The van der Waals surface area contributed by atoms with Crippen LogP contribution in [0.1, 0.15) is 25.8 Å². The summed E-state index contributed by atoms with van der Waals surface area (Å²) in [5.74, 6) is -0.996. The van der Waals surface area contributed by atoms with Gasteiger partial charge in [0, 0.05) is 5.69 Å². The van der Waals surface area contributed by atoms with Crippen molar-refractivity contribution < 1.29 is 14.4 Å². The van der Waals surface area contributed by atoms with Gasteiger partial charge in [-0.3, -0.25) is 19.7 Å². The molecule has 0 aliphatic carbocycles. The average molecular weight is 346 g/mol. The molecule has 1 aromatic rings. The number of rotatable bonds is 2. The molecule has 3 amide bonds. The summed E-state index contributed by atoms with van der Waals surface area (Å²) < 4.78 is 0. The molecular weight excluding hydrogens is 328 g/mol. The zero-order chi connectivity index (χ0) is 17.6. The van der Waals surface area contributed by atoms with Crippen molar-refractivity contribution in [2.24, 2.45) is 0 Å². The Kier molecular flexibility index (Phi) is 3.89. The first-order chi connectivity index (χ1) is 11.2. The molecule has 0 radical (unpaired) electrons. The number of anilines is 1. The lowest BCUT2D eigenvalue weighted by Crippen LogP contribution is -2.71. The van der Waals surface area contributed by atoms with Crippen molar-refractivity contribution >= 4 is 40.7 Å². The number of nitrogens with zero attached hydrogens (tertiary/aromatic N) is 2. The second-order valence-electron chi connectivity index (χ2n) is 6.44. The molecule has 24 heavy (non-hydrogen) atoms. The third kappa shape index (κ3) is 2.57. The predicted molar refractivity (Wildman–Crippen MR) is 91.7 cm³/mol. The Morgan fingerprint density at radius 1 is 1.29 bits per heavy atom. The second kappa shape index (κ2) is 5.64. The topological polar surface area (TPSA) is 81.8 Å². The van der Waals surface area contributed by atoms with Gasteiger partial charge in [0.2, 0.25) is 17.7 Å². The summed E-state index contributed by atoms with van der Waals surface area (Å²) in [5, 5.41) is 8.01. The van der Waals surface area contributed by atoms with Crippen LogP contribution in [0.5, 0.6) is 0 Å². The van der Waals surface area contributed by atoms with E-state index in [-0.39, 0.29) is 29.3 Å². The standard InChI is InChI=1S/C16H18N4O3S/c1-9-4-6-10(7-5-9)17-13(22)11-8-12(21)19-15(24)18-14(23)16(2,3)20(11)19/h4-7,11H,8H2,1-3H3,(H,17,22)(H,18,23,24)/t11-/m0/s1. The summed E-state index contributed by atoms with van der Waals surface area (Å²) in [4.78, 5) is 37.2. The largest absolute Gasteiger partial charge is 0.325 e. The molecule has 2 N–H and O–H groups in total. The van der Waals surface area contributed by atoms with Gasteiger partial charge in [0.15, 0.2) is 5.11 Å². The van der Waals surface area contributed by atoms with Gasteiger partial charge in [-0.15, -0.1) is 0 Å². The van der Waals surface area contributed by atoms with Crippen LogP contribution < -0.4 is 10.6 Å². The molecule has 3 rings (SSSR count). The first-order valence-corrected chi connectivity index (χ1v) is 7.98. The highest BCUT2D eigenvalue weighted by atomic mass is 32.1. The van der Waals surface area contributed by atoms with Crippen molar-refractivity contribution in [2.75, 3.05) is 5.32 Å². The van der Waals surface area contributed by atoms with E-state index in [9.17, 15) is 14.4 Å². The fourth-order valence-electron chi connectivity index (χ4n) is 2.92. The third-order valence-corrected chi connectivity index (χ3v) is 4.55. The summed E-state index contributed by atoms with van der Waals surface area (Å²) in [6, 6.07) is 6.56. The van der Waals surface area contributed by atoms with Crippen molar-refractivity contribution in [1.29, 1.82) is 0 Å². The number of nitrogens with one attached hydrogen (secondary N) is 2. The summed E-state index contributed by atoms with van der Waals surface area (Å²) >= 11 is 5.08. The molecule has 8 heteroatoms. The van der Waals surface area contributed by atoms with E-state index in [0.29, 0.717) is 5.69 Å². The summed E-state index contributed by atoms with van der Waals surface area (Å²) in [6.45, 7) is 5.26. The number of hydrogen-bond acceptors (Lipinski definition) is 5. The first kappa shape index (κ1) is 16.5. The number of benzene rings is 1. The molecule has 126 valence electrons. The number of hydrogen-bond donors (Lipinski definition) is 2. The molecular formula is C16H18N4O3S. The lowest BCUT2D eigenvalue weighted by molar-refractivity contribution is -0.154.